The molecule has 0 spiro atoms. The van der Waals surface area contributed by atoms with Crippen molar-refractivity contribution in [1.82, 2.24) is 9.97 Å². The summed E-state index contributed by atoms with van der Waals surface area (Å²) in [6.45, 7) is 1.70. The quantitative estimate of drug-likeness (QED) is 0.802. The highest BCUT2D eigenvalue weighted by molar-refractivity contribution is 5.62. The lowest BCUT2D eigenvalue weighted by atomic mass is 10.1. The summed E-state index contributed by atoms with van der Waals surface area (Å²) < 4.78 is 26.0. The molecule has 0 bridgehead atoms. The Labute approximate surface area is 89.8 Å². The number of H-pyrrole nitrogens is 1. The summed E-state index contributed by atoms with van der Waals surface area (Å²) >= 11 is 0. The van der Waals surface area contributed by atoms with Crippen LogP contribution in [0.3, 0.4) is 0 Å². The highest BCUT2D eigenvalue weighted by Crippen LogP contribution is 2.21. The van der Waals surface area contributed by atoms with E-state index >= 15 is 0 Å². The van der Waals surface area contributed by atoms with Crippen LogP contribution < -0.4 is 5.69 Å². The molecule has 0 aliphatic rings. The van der Waals surface area contributed by atoms with Crippen LogP contribution in [-0.2, 0) is 0 Å². The molecule has 5 heteroatoms. The molecule has 0 aliphatic heterocycles. The summed E-state index contributed by atoms with van der Waals surface area (Å²) in [7, 11) is 0. The number of nitrogens with one attached hydrogen (secondary N) is 1. The number of halogens is 2. The second-order valence-corrected chi connectivity index (χ2v) is 3.40. The van der Waals surface area contributed by atoms with E-state index in [-0.39, 0.29) is 5.56 Å². The molecule has 0 amide bonds. The maximum atomic E-state index is 13.0. The van der Waals surface area contributed by atoms with Gasteiger partial charge in [0, 0.05) is 17.8 Å². The number of benzene rings is 1. The smallest absolute Gasteiger partial charge is 0.305 e. The molecule has 1 N–H and O–H groups in total. The Balaban J connectivity index is 2.66. The van der Waals surface area contributed by atoms with Gasteiger partial charge < -0.3 is 4.98 Å². The molecule has 82 valence electrons. The molecule has 0 unspecified atom stereocenters. The molecule has 0 saturated carbocycles. The van der Waals surface area contributed by atoms with Crippen LogP contribution in [0.4, 0.5) is 8.78 Å². The van der Waals surface area contributed by atoms with Crippen LogP contribution in [0.1, 0.15) is 5.56 Å². The van der Waals surface area contributed by atoms with E-state index in [1.807, 2.05) is 0 Å². The molecule has 0 aliphatic carbocycles. The zero-order valence-electron chi connectivity index (χ0n) is 8.42. The number of aromatic amines is 1. The maximum absolute atomic E-state index is 13.0. The number of hydrogen-bond donors (Lipinski definition) is 1. The van der Waals surface area contributed by atoms with Gasteiger partial charge in [-0.2, -0.15) is 0 Å². The van der Waals surface area contributed by atoms with Gasteiger partial charge in [0.2, 0.25) is 0 Å². The molecule has 0 fully saturated rings. The van der Waals surface area contributed by atoms with Gasteiger partial charge in [0.1, 0.15) is 11.6 Å². The first-order valence-corrected chi connectivity index (χ1v) is 4.58. The monoisotopic (exact) mass is 222 g/mol. The lowest BCUT2D eigenvalue weighted by molar-refractivity contribution is 0.584. The van der Waals surface area contributed by atoms with Gasteiger partial charge in [0.05, 0.1) is 5.69 Å². The minimum atomic E-state index is -0.688. The lowest BCUT2D eigenvalue weighted by Gasteiger charge is -2.05. The Hall–Kier alpha value is -2.04. The van der Waals surface area contributed by atoms with Gasteiger partial charge in [-0.3, -0.25) is 0 Å². The van der Waals surface area contributed by atoms with E-state index in [1.165, 1.54) is 6.20 Å². The molecule has 2 aromatic rings. The van der Waals surface area contributed by atoms with Crippen LogP contribution in [0.5, 0.6) is 0 Å². The molecule has 0 saturated heterocycles. The van der Waals surface area contributed by atoms with Gasteiger partial charge in [-0.15, -0.1) is 0 Å². The fourth-order valence-corrected chi connectivity index (χ4v) is 1.46. The van der Waals surface area contributed by atoms with Gasteiger partial charge in [-0.1, -0.05) is 0 Å². The molecule has 3 nitrogen and oxygen atoms in total. The minimum absolute atomic E-state index is 0.287. The van der Waals surface area contributed by atoms with Crippen LogP contribution in [-0.4, -0.2) is 9.97 Å². The second-order valence-electron chi connectivity index (χ2n) is 3.40. The first kappa shape index (κ1) is 10.5. The Morgan fingerprint density at radius 1 is 1.19 bits per heavy atom. The van der Waals surface area contributed by atoms with Gasteiger partial charge >= 0.3 is 5.69 Å². The van der Waals surface area contributed by atoms with Crippen molar-refractivity contribution in [3.05, 3.63) is 52.1 Å². The van der Waals surface area contributed by atoms with Gasteiger partial charge in [-0.25, -0.2) is 18.6 Å². The maximum Gasteiger partial charge on any atom is 0.345 e. The average Bonchev–Trinajstić information content (AvgIpc) is 2.20. The van der Waals surface area contributed by atoms with Gasteiger partial charge in [-0.05, 0) is 24.6 Å². The van der Waals surface area contributed by atoms with E-state index in [0.29, 0.717) is 11.3 Å². The van der Waals surface area contributed by atoms with E-state index in [0.717, 1.165) is 18.2 Å². The molecule has 2 rings (SSSR count). The first-order chi connectivity index (χ1) is 7.56. The lowest BCUT2D eigenvalue weighted by Crippen LogP contribution is -2.11. The normalized spacial score (nSPS) is 10.4. The highest BCUT2D eigenvalue weighted by atomic mass is 19.1. The Morgan fingerprint density at radius 3 is 2.44 bits per heavy atom. The van der Waals surface area contributed by atoms with Crippen LogP contribution in [0.15, 0.2) is 29.2 Å². The van der Waals surface area contributed by atoms with E-state index in [9.17, 15) is 13.6 Å². The SMILES string of the molecule is Cc1cnc(=O)[nH]c1-c1cc(F)cc(F)c1. The van der Waals surface area contributed by atoms with Crippen molar-refractivity contribution in [2.45, 2.75) is 6.92 Å². The molecule has 0 atom stereocenters. The van der Waals surface area contributed by atoms with E-state index in [1.54, 1.807) is 6.92 Å². The van der Waals surface area contributed by atoms with E-state index in [4.69, 9.17) is 0 Å². The Bertz CT molecular complexity index is 573. The summed E-state index contributed by atoms with van der Waals surface area (Å²) in [5.74, 6) is -1.38. The van der Waals surface area contributed by atoms with E-state index < -0.39 is 17.3 Å². The van der Waals surface area contributed by atoms with Crippen molar-refractivity contribution in [2.75, 3.05) is 0 Å². The predicted octanol–water partition coefficient (Wildman–Crippen LogP) is 2.02. The average molecular weight is 222 g/mol. The summed E-state index contributed by atoms with van der Waals surface area (Å²) in [5.41, 5.74) is 0.753. The van der Waals surface area contributed by atoms with Crippen molar-refractivity contribution in [1.29, 1.82) is 0 Å². The van der Waals surface area contributed by atoms with Crippen molar-refractivity contribution < 1.29 is 8.78 Å². The number of hydrogen-bond acceptors (Lipinski definition) is 2. The second kappa shape index (κ2) is 3.84. The number of aromatic nitrogens is 2. The third kappa shape index (κ3) is 1.98. The van der Waals surface area contributed by atoms with Crippen molar-refractivity contribution in [2.24, 2.45) is 0 Å². The third-order valence-electron chi connectivity index (χ3n) is 2.15. The van der Waals surface area contributed by atoms with Crippen LogP contribution in [0, 0.1) is 18.6 Å². The fourth-order valence-electron chi connectivity index (χ4n) is 1.46. The zero-order chi connectivity index (χ0) is 11.7. The molecular weight excluding hydrogens is 214 g/mol. The summed E-state index contributed by atoms with van der Waals surface area (Å²) in [5, 5.41) is 0. The molecule has 0 radical (unpaired) electrons. The topological polar surface area (TPSA) is 45.8 Å². The van der Waals surface area contributed by atoms with Crippen LogP contribution >= 0.6 is 0 Å². The summed E-state index contributed by atoms with van der Waals surface area (Å²) in [6, 6.07) is 3.08. The summed E-state index contributed by atoms with van der Waals surface area (Å²) in [4.78, 5) is 17.0. The van der Waals surface area contributed by atoms with Crippen molar-refractivity contribution in [3.63, 3.8) is 0 Å². The first-order valence-electron chi connectivity index (χ1n) is 4.58. The largest absolute Gasteiger partial charge is 0.345 e. The van der Waals surface area contributed by atoms with E-state index in [2.05, 4.69) is 9.97 Å². The van der Waals surface area contributed by atoms with Crippen LogP contribution in [0.2, 0.25) is 0 Å². The standard InChI is InChI=1S/C11H8F2N2O/c1-6-5-14-11(16)15-10(6)7-2-8(12)4-9(13)3-7/h2-5H,1H3,(H,14,15,16). The van der Waals surface area contributed by atoms with Crippen LogP contribution in [0.25, 0.3) is 11.3 Å². The van der Waals surface area contributed by atoms with Gasteiger partial charge in [0.25, 0.3) is 0 Å². The Morgan fingerprint density at radius 2 is 1.81 bits per heavy atom. The Kier molecular flexibility index (Phi) is 2.52. The highest BCUT2D eigenvalue weighted by Gasteiger charge is 2.07. The minimum Gasteiger partial charge on any atom is -0.305 e. The molecule has 1 heterocycles. The number of rotatable bonds is 1. The molecule has 1 aromatic heterocycles. The zero-order valence-corrected chi connectivity index (χ0v) is 8.42. The van der Waals surface area contributed by atoms with Gasteiger partial charge in [0.15, 0.2) is 0 Å². The third-order valence-corrected chi connectivity index (χ3v) is 2.15. The number of aryl methyl sites for hydroxylation is 1. The number of nitrogens with zero attached hydrogens (tertiary/aromatic N) is 1. The molecule has 16 heavy (non-hydrogen) atoms. The molecule has 1 aromatic carbocycles. The van der Waals surface area contributed by atoms with Crippen molar-refractivity contribution >= 4 is 0 Å². The fraction of sp³-hybridized carbons (Fsp3) is 0.0909. The van der Waals surface area contributed by atoms with Crippen molar-refractivity contribution in [3.8, 4) is 11.3 Å². The summed E-state index contributed by atoms with van der Waals surface area (Å²) in [6.07, 6.45) is 1.36. The predicted molar refractivity (Wildman–Crippen MR) is 54.9 cm³/mol. The molecular formula is C11H8F2N2O.